The van der Waals surface area contributed by atoms with Gasteiger partial charge < -0.3 is 19.8 Å². The molecule has 1 aliphatic heterocycles. The lowest BCUT2D eigenvalue weighted by Gasteiger charge is -2.22. The average molecular weight is 539 g/mol. The first-order chi connectivity index (χ1) is 17.0. The van der Waals surface area contributed by atoms with Gasteiger partial charge in [0.2, 0.25) is 11.8 Å². The van der Waals surface area contributed by atoms with E-state index in [9.17, 15) is 14.7 Å². The van der Waals surface area contributed by atoms with Crippen LogP contribution in [0.4, 0.5) is 0 Å². The van der Waals surface area contributed by atoms with Crippen molar-refractivity contribution >= 4 is 46.7 Å². The molecule has 0 spiro atoms. The number of carbonyl (C=O) groups is 2. The van der Waals surface area contributed by atoms with Gasteiger partial charge in [0.1, 0.15) is 5.03 Å². The second-order valence-electron chi connectivity index (χ2n) is 7.90. The molecule has 0 bridgehead atoms. The van der Waals surface area contributed by atoms with Crippen LogP contribution in [0.3, 0.4) is 0 Å². The van der Waals surface area contributed by atoms with Crippen molar-refractivity contribution in [1.82, 2.24) is 19.9 Å². The monoisotopic (exact) mass is 538 g/mol. The van der Waals surface area contributed by atoms with Crippen LogP contribution < -0.4 is 4.74 Å². The third-order valence-electron chi connectivity index (χ3n) is 5.38. The summed E-state index contributed by atoms with van der Waals surface area (Å²) in [7, 11) is 1.57. The minimum atomic E-state index is -1.03. The fourth-order valence-electron chi connectivity index (χ4n) is 3.56. The molecule has 1 saturated heterocycles. The van der Waals surface area contributed by atoms with Gasteiger partial charge in [-0.3, -0.25) is 9.78 Å². The first-order valence-corrected chi connectivity index (χ1v) is 14.3. The number of carboxylic acid groups (broad SMARTS) is 1. The van der Waals surface area contributed by atoms with E-state index in [1.54, 1.807) is 31.3 Å². The molecule has 0 unspecified atom stereocenters. The predicted molar refractivity (Wildman–Crippen MR) is 137 cm³/mol. The third-order valence-corrected chi connectivity index (χ3v) is 8.37. The Morgan fingerprint density at radius 1 is 1.29 bits per heavy atom. The first kappa shape index (κ1) is 27.4. The van der Waals surface area contributed by atoms with Crippen molar-refractivity contribution in [3.8, 4) is 5.88 Å². The molecule has 1 aliphatic rings. The highest BCUT2D eigenvalue weighted by Crippen LogP contribution is 2.25. The van der Waals surface area contributed by atoms with Gasteiger partial charge in [-0.05, 0) is 25.0 Å². The van der Waals surface area contributed by atoms with Gasteiger partial charge in [0.05, 0.1) is 31.6 Å². The second kappa shape index (κ2) is 14.4. The molecule has 2 atom stereocenters. The van der Waals surface area contributed by atoms with Gasteiger partial charge in [-0.15, -0.1) is 23.1 Å². The molecule has 0 aromatic carbocycles. The average Bonchev–Trinajstić information content (AvgIpc) is 3.47. The number of aliphatic hydroxyl groups is 1. The van der Waals surface area contributed by atoms with Crippen LogP contribution in [-0.2, 0) is 4.79 Å². The number of amides is 1. The number of likely N-dealkylation sites (tertiary alicyclic amines) is 1. The number of hydrogen-bond acceptors (Lipinski definition) is 10. The van der Waals surface area contributed by atoms with Gasteiger partial charge in [0, 0.05) is 24.1 Å². The molecular formula is C23H30N4O5S3. The lowest BCUT2D eigenvalue weighted by Crippen LogP contribution is -2.33. The highest BCUT2D eigenvalue weighted by atomic mass is 32.2. The summed E-state index contributed by atoms with van der Waals surface area (Å²) >= 11 is 4.40. The fourth-order valence-corrected chi connectivity index (χ4v) is 6.22. The van der Waals surface area contributed by atoms with Crippen molar-refractivity contribution in [3.63, 3.8) is 0 Å². The maximum Gasteiger partial charge on any atom is 0.355 e. The van der Waals surface area contributed by atoms with Crippen molar-refractivity contribution in [2.24, 2.45) is 0 Å². The number of rotatable bonds is 15. The summed E-state index contributed by atoms with van der Waals surface area (Å²) in [5, 5.41) is 21.7. The van der Waals surface area contributed by atoms with Crippen molar-refractivity contribution in [2.45, 2.75) is 60.0 Å². The number of nitrogens with zero attached hydrogens (tertiary/aromatic N) is 4. The van der Waals surface area contributed by atoms with E-state index in [0.717, 1.165) is 36.5 Å². The number of thiazole rings is 1. The number of carboxylic acids is 1. The Hall–Kier alpha value is -2.15. The minimum absolute atomic E-state index is 0.0102. The topological polar surface area (TPSA) is 126 Å². The van der Waals surface area contributed by atoms with E-state index in [1.807, 2.05) is 17.1 Å². The maximum absolute atomic E-state index is 12.3. The number of aromatic nitrogens is 3. The maximum atomic E-state index is 12.3. The summed E-state index contributed by atoms with van der Waals surface area (Å²) in [6, 6.07) is -0.0102. The summed E-state index contributed by atoms with van der Waals surface area (Å²) in [6.07, 6.45) is 11.4. The third kappa shape index (κ3) is 9.10. The molecule has 2 aromatic heterocycles. The Morgan fingerprint density at radius 3 is 2.91 bits per heavy atom. The number of ether oxygens (including phenoxy) is 1. The Labute approximate surface area is 217 Å². The molecule has 1 fully saturated rings. The molecule has 0 aliphatic carbocycles. The highest BCUT2D eigenvalue weighted by Gasteiger charge is 2.28. The van der Waals surface area contributed by atoms with E-state index in [1.165, 1.54) is 28.5 Å². The number of thioether (sulfide) groups is 2. The van der Waals surface area contributed by atoms with Crippen molar-refractivity contribution in [3.05, 3.63) is 35.6 Å². The van der Waals surface area contributed by atoms with E-state index < -0.39 is 12.1 Å². The predicted octanol–water partition coefficient (Wildman–Crippen LogP) is 3.99. The lowest BCUT2D eigenvalue weighted by atomic mass is 10.1. The molecule has 1 amide bonds. The SMILES string of the molecule is COc1cncc(SCCCCC[C@H](O)/C=C/[C@H]2CCC(=O)N2CCSc2nc(C(=O)O)cs2)n1. The number of hydrogen-bond donors (Lipinski definition) is 2. The molecule has 9 nitrogen and oxygen atoms in total. The van der Waals surface area contributed by atoms with Gasteiger partial charge >= 0.3 is 5.97 Å². The molecule has 0 saturated carbocycles. The number of aliphatic hydroxyl groups excluding tert-OH is 1. The first-order valence-electron chi connectivity index (χ1n) is 11.4. The van der Waals surface area contributed by atoms with Crippen LogP contribution in [0.1, 0.15) is 49.0 Å². The molecule has 35 heavy (non-hydrogen) atoms. The van der Waals surface area contributed by atoms with E-state index in [2.05, 4.69) is 15.0 Å². The van der Waals surface area contributed by atoms with Crippen molar-refractivity contribution in [1.29, 1.82) is 0 Å². The number of aromatic carboxylic acids is 1. The van der Waals surface area contributed by atoms with Crippen LogP contribution in [0.2, 0.25) is 0 Å². The quantitative estimate of drug-likeness (QED) is 0.195. The van der Waals surface area contributed by atoms with E-state index in [0.29, 0.717) is 35.4 Å². The zero-order chi connectivity index (χ0) is 25.0. The van der Waals surface area contributed by atoms with Gasteiger partial charge in [0.15, 0.2) is 10.0 Å². The minimum Gasteiger partial charge on any atom is -0.480 e. The lowest BCUT2D eigenvalue weighted by molar-refractivity contribution is -0.128. The van der Waals surface area contributed by atoms with Crippen LogP contribution in [0, 0.1) is 0 Å². The summed E-state index contributed by atoms with van der Waals surface area (Å²) in [6.45, 7) is 0.561. The number of unbranched alkanes of at least 4 members (excludes halogenated alkanes) is 2. The van der Waals surface area contributed by atoms with Crippen molar-refractivity contribution in [2.75, 3.05) is 25.2 Å². The summed E-state index contributed by atoms with van der Waals surface area (Å²) in [4.78, 5) is 37.5. The number of methoxy groups -OCH3 is 1. The van der Waals surface area contributed by atoms with E-state index in [4.69, 9.17) is 9.84 Å². The van der Waals surface area contributed by atoms with Gasteiger partial charge in [-0.25, -0.2) is 14.8 Å². The molecule has 2 aromatic rings. The number of carbonyl (C=O) groups excluding carboxylic acids is 1. The van der Waals surface area contributed by atoms with Gasteiger partial charge in [0.25, 0.3) is 0 Å². The van der Waals surface area contributed by atoms with E-state index >= 15 is 0 Å². The van der Waals surface area contributed by atoms with Crippen LogP contribution in [0.15, 0.2) is 39.3 Å². The Kier molecular flexibility index (Phi) is 11.3. The molecule has 3 rings (SSSR count). The highest BCUT2D eigenvalue weighted by molar-refractivity contribution is 8.01. The molecular weight excluding hydrogens is 508 g/mol. The zero-order valence-corrected chi connectivity index (χ0v) is 22.0. The summed E-state index contributed by atoms with van der Waals surface area (Å²) < 4.78 is 5.77. The molecule has 12 heteroatoms. The zero-order valence-electron chi connectivity index (χ0n) is 19.5. The normalized spacial score (nSPS) is 16.8. The van der Waals surface area contributed by atoms with Crippen molar-refractivity contribution < 1.29 is 24.5 Å². The Morgan fingerprint density at radius 2 is 2.14 bits per heavy atom. The molecule has 190 valence electrons. The fraction of sp³-hybridized carbons (Fsp3) is 0.522. The molecule has 3 heterocycles. The Bertz CT molecular complexity index is 1000. The molecule has 2 N–H and O–H groups in total. The van der Waals surface area contributed by atoms with Gasteiger partial charge in [-0.2, -0.15) is 0 Å². The molecule has 0 radical (unpaired) electrons. The van der Waals surface area contributed by atoms with Gasteiger partial charge in [-0.1, -0.05) is 36.8 Å². The van der Waals surface area contributed by atoms with Crippen LogP contribution in [-0.4, -0.2) is 79.2 Å². The Balaban J connectivity index is 1.32. The van der Waals surface area contributed by atoms with Crippen LogP contribution in [0.5, 0.6) is 5.88 Å². The van der Waals surface area contributed by atoms with Crippen LogP contribution in [0.25, 0.3) is 0 Å². The van der Waals surface area contributed by atoms with E-state index in [-0.39, 0.29) is 17.6 Å². The smallest absolute Gasteiger partial charge is 0.355 e. The second-order valence-corrected chi connectivity index (χ2v) is 11.2. The summed E-state index contributed by atoms with van der Waals surface area (Å²) in [5.74, 6) is 1.17. The standard InChI is InChI=1S/C23H30N4O5S3/c1-32-19-13-24-14-20(26-19)33-11-4-2-3-5-17(28)8-6-16-7-9-21(29)27(16)10-12-34-23-25-18(15-35-23)22(30)31/h6,8,13-17,28H,2-5,7,9-12H2,1H3,(H,30,31)/b8-6+/t16-,17-/m0/s1. The largest absolute Gasteiger partial charge is 0.480 e. The summed E-state index contributed by atoms with van der Waals surface area (Å²) in [5.41, 5.74) is 0.0504. The van der Waals surface area contributed by atoms with Crippen LogP contribution >= 0.6 is 34.9 Å².